The molecular formula is C7H6N2O4. The monoisotopic (exact) mass is 182 g/mol. The molecule has 1 aromatic rings. The largest absolute Gasteiger partial charge is 0.476 e. The van der Waals surface area contributed by atoms with Crippen LogP contribution in [0.25, 0.3) is 0 Å². The number of ether oxygens (including phenoxy) is 1. The standard InChI is InChI=1S/C7H6N2O4/c1-13-7-6(9(11)12)5(4-10)2-3-8-7/h2-4H,1H3. The zero-order valence-corrected chi connectivity index (χ0v) is 6.76. The summed E-state index contributed by atoms with van der Waals surface area (Å²) in [6, 6.07) is 1.26. The minimum absolute atomic E-state index is 0.0446. The van der Waals surface area contributed by atoms with E-state index in [4.69, 9.17) is 0 Å². The number of hydrogen-bond donors (Lipinski definition) is 0. The number of carbonyl (C=O) groups is 1. The Labute approximate surface area is 73.3 Å². The van der Waals surface area contributed by atoms with Crippen LogP contribution in [0.4, 0.5) is 5.69 Å². The number of methoxy groups -OCH3 is 1. The second kappa shape index (κ2) is 3.61. The zero-order chi connectivity index (χ0) is 9.84. The zero-order valence-electron chi connectivity index (χ0n) is 6.76. The maximum Gasteiger partial charge on any atom is 0.341 e. The van der Waals surface area contributed by atoms with Crippen molar-refractivity contribution in [2.24, 2.45) is 0 Å². The van der Waals surface area contributed by atoms with E-state index >= 15 is 0 Å². The predicted molar refractivity (Wildman–Crippen MR) is 42.8 cm³/mol. The maximum absolute atomic E-state index is 10.5. The first-order valence-corrected chi connectivity index (χ1v) is 3.33. The first kappa shape index (κ1) is 9.11. The Morgan fingerprint density at radius 1 is 1.69 bits per heavy atom. The van der Waals surface area contributed by atoms with Gasteiger partial charge >= 0.3 is 5.69 Å². The molecule has 0 saturated heterocycles. The topological polar surface area (TPSA) is 82.3 Å². The van der Waals surface area contributed by atoms with Crippen molar-refractivity contribution in [2.45, 2.75) is 0 Å². The second-order valence-corrected chi connectivity index (χ2v) is 2.13. The molecule has 1 rings (SSSR count). The summed E-state index contributed by atoms with van der Waals surface area (Å²) in [6.45, 7) is 0. The van der Waals surface area contributed by atoms with Crippen molar-refractivity contribution in [2.75, 3.05) is 7.11 Å². The van der Waals surface area contributed by atoms with E-state index in [-0.39, 0.29) is 11.4 Å². The number of aldehydes is 1. The van der Waals surface area contributed by atoms with Crippen molar-refractivity contribution in [3.05, 3.63) is 27.9 Å². The molecule has 0 atom stereocenters. The molecule has 0 aliphatic carbocycles. The Hall–Kier alpha value is -1.98. The summed E-state index contributed by atoms with van der Waals surface area (Å²) < 4.78 is 4.64. The molecule has 0 aromatic carbocycles. The van der Waals surface area contributed by atoms with Gasteiger partial charge in [0.1, 0.15) is 0 Å². The highest BCUT2D eigenvalue weighted by atomic mass is 16.6. The van der Waals surface area contributed by atoms with Gasteiger partial charge in [0.2, 0.25) is 0 Å². The van der Waals surface area contributed by atoms with E-state index in [1.54, 1.807) is 0 Å². The molecule has 6 heteroatoms. The molecule has 1 heterocycles. The second-order valence-electron chi connectivity index (χ2n) is 2.13. The summed E-state index contributed by atoms with van der Waals surface area (Å²) in [4.78, 5) is 23.8. The number of nitrogens with zero attached hydrogens (tertiary/aromatic N) is 2. The van der Waals surface area contributed by atoms with E-state index in [9.17, 15) is 14.9 Å². The number of carbonyl (C=O) groups excluding carboxylic acids is 1. The fourth-order valence-electron chi connectivity index (χ4n) is 0.877. The van der Waals surface area contributed by atoms with Crippen LogP contribution < -0.4 is 4.74 Å². The summed E-state index contributed by atoms with van der Waals surface area (Å²) in [5.41, 5.74) is -0.447. The van der Waals surface area contributed by atoms with Gasteiger partial charge in [-0.05, 0) is 6.07 Å². The van der Waals surface area contributed by atoms with Crippen molar-refractivity contribution in [3.63, 3.8) is 0 Å². The number of nitro groups is 1. The predicted octanol–water partition coefficient (Wildman–Crippen LogP) is 0.811. The van der Waals surface area contributed by atoms with Crippen LogP contribution in [0, 0.1) is 10.1 Å². The van der Waals surface area contributed by atoms with Crippen LogP contribution in [-0.4, -0.2) is 23.3 Å². The molecular weight excluding hydrogens is 176 g/mol. The van der Waals surface area contributed by atoms with Crippen LogP contribution in [0.1, 0.15) is 10.4 Å². The normalized spacial score (nSPS) is 9.31. The molecule has 0 bridgehead atoms. The highest BCUT2D eigenvalue weighted by molar-refractivity contribution is 5.82. The summed E-state index contributed by atoms with van der Waals surface area (Å²) in [5, 5.41) is 10.5. The van der Waals surface area contributed by atoms with Crippen molar-refractivity contribution < 1.29 is 14.5 Å². The molecule has 6 nitrogen and oxygen atoms in total. The van der Waals surface area contributed by atoms with Crippen LogP contribution in [-0.2, 0) is 0 Å². The third-order valence-electron chi connectivity index (χ3n) is 1.42. The molecule has 0 saturated carbocycles. The Kier molecular flexibility index (Phi) is 2.53. The van der Waals surface area contributed by atoms with Crippen molar-refractivity contribution >= 4 is 12.0 Å². The van der Waals surface area contributed by atoms with Gasteiger partial charge in [-0.3, -0.25) is 14.9 Å². The fraction of sp³-hybridized carbons (Fsp3) is 0.143. The quantitative estimate of drug-likeness (QED) is 0.392. The lowest BCUT2D eigenvalue weighted by Gasteiger charge is -2.00. The van der Waals surface area contributed by atoms with Crippen LogP contribution in [0.5, 0.6) is 5.88 Å². The third-order valence-corrected chi connectivity index (χ3v) is 1.42. The molecule has 0 amide bonds. The molecule has 0 aliphatic heterocycles. The summed E-state index contributed by atoms with van der Waals surface area (Å²) in [6.07, 6.45) is 1.66. The van der Waals surface area contributed by atoms with Crippen LogP contribution in [0.2, 0.25) is 0 Å². The highest BCUT2D eigenvalue weighted by Crippen LogP contribution is 2.26. The van der Waals surface area contributed by atoms with E-state index in [1.165, 1.54) is 19.4 Å². The summed E-state index contributed by atoms with van der Waals surface area (Å²) in [7, 11) is 1.25. The first-order valence-electron chi connectivity index (χ1n) is 3.33. The summed E-state index contributed by atoms with van der Waals surface area (Å²) in [5.74, 6) is -0.158. The van der Waals surface area contributed by atoms with Gasteiger partial charge < -0.3 is 4.74 Å². The summed E-state index contributed by atoms with van der Waals surface area (Å²) >= 11 is 0. The van der Waals surface area contributed by atoms with Gasteiger partial charge in [-0.15, -0.1) is 0 Å². The molecule has 0 fully saturated rings. The van der Waals surface area contributed by atoms with E-state index in [1.807, 2.05) is 0 Å². The molecule has 0 radical (unpaired) electrons. The molecule has 0 spiro atoms. The number of hydrogen-bond acceptors (Lipinski definition) is 5. The Balaban J connectivity index is 3.38. The van der Waals surface area contributed by atoms with Crippen LogP contribution >= 0.6 is 0 Å². The van der Waals surface area contributed by atoms with Gasteiger partial charge in [-0.2, -0.15) is 0 Å². The van der Waals surface area contributed by atoms with Gasteiger partial charge in [0.05, 0.1) is 17.6 Å². The van der Waals surface area contributed by atoms with Crippen molar-refractivity contribution in [1.82, 2.24) is 4.98 Å². The van der Waals surface area contributed by atoms with E-state index in [0.29, 0.717) is 6.29 Å². The maximum atomic E-state index is 10.5. The number of rotatable bonds is 3. The van der Waals surface area contributed by atoms with Crippen molar-refractivity contribution in [1.29, 1.82) is 0 Å². The van der Waals surface area contributed by atoms with Crippen LogP contribution in [0.3, 0.4) is 0 Å². The lowest BCUT2D eigenvalue weighted by molar-refractivity contribution is -0.386. The molecule has 68 valence electrons. The average Bonchev–Trinajstić information content (AvgIpc) is 2.16. The third kappa shape index (κ3) is 1.61. The fourth-order valence-corrected chi connectivity index (χ4v) is 0.877. The van der Waals surface area contributed by atoms with Gasteiger partial charge in [0.25, 0.3) is 5.88 Å². The molecule has 0 N–H and O–H groups in total. The van der Waals surface area contributed by atoms with E-state index in [0.717, 1.165) is 0 Å². The Bertz CT molecular complexity index is 350. The van der Waals surface area contributed by atoms with E-state index in [2.05, 4.69) is 9.72 Å². The molecule has 0 unspecified atom stereocenters. The smallest absolute Gasteiger partial charge is 0.341 e. The van der Waals surface area contributed by atoms with Gasteiger partial charge in [0.15, 0.2) is 6.29 Å². The minimum Gasteiger partial charge on any atom is -0.476 e. The average molecular weight is 182 g/mol. The van der Waals surface area contributed by atoms with Gasteiger partial charge in [-0.1, -0.05) is 0 Å². The SMILES string of the molecule is COc1nccc(C=O)c1[N+](=O)[O-]. The lowest BCUT2D eigenvalue weighted by Crippen LogP contribution is -1.99. The Morgan fingerprint density at radius 2 is 2.38 bits per heavy atom. The Morgan fingerprint density at radius 3 is 2.85 bits per heavy atom. The van der Waals surface area contributed by atoms with E-state index < -0.39 is 10.6 Å². The number of pyridine rings is 1. The minimum atomic E-state index is -0.699. The first-order chi connectivity index (χ1) is 6.20. The number of aromatic nitrogens is 1. The lowest BCUT2D eigenvalue weighted by atomic mass is 10.2. The van der Waals surface area contributed by atoms with Crippen molar-refractivity contribution in [3.8, 4) is 5.88 Å². The molecule has 0 aliphatic rings. The highest BCUT2D eigenvalue weighted by Gasteiger charge is 2.21. The molecule has 1 aromatic heterocycles. The van der Waals surface area contributed by atoms with Gasteiger partial charge in [0, 0.05) is 6.20 Å². The van der Waals surface area contributed by atoms with Gasteiger partial charge in [-0.25, -0.2) is 4.98 Å². The molecule has 13 heavy (non-hydrogen) atoms. The van der Waals surface area contributed by atoms with Crippen LogP contribution in [0.15, 0.2) is 12.3 Å².